The Kier molecular flexibility index (Phi) is 7.80. The molecule has 0 aliphatic heterocycles. The lowest BCUT2D eigenvalue weighted by Crippen LogP contribution is -2.59. The minimum atomic E-state index is -0.0906. The van der Waals surface area contributed by atoms with Gasteiger partial charge in [-0.05, 0) is 13.3 Å². The minimum absolute atomic E-state index is 0.0906. The molecule has 0 aliphatic rings. The molecule has 0 rings (SSSR count). The molecule has 0 heterocycles. The molecule has 0 aliphatic carbocycles. The third kappa shape index (κ3) is 4.30. The number of amides is 1. The quantitative estimate of drug-likeness (QED) is 0.482. The summed E-state index contributed by atoms with van der Waals surface area (Å²) in [5, 5.41) is 3.25. The second-order valence-electron chi connectivity index (χ2n) is 3.31. The zero-order valence-corrected chi connectivity index (χ0v) is 10.8. The number of nitrogens with zero attached hydrogens (tertiary/aromatic N) is 2. The Morgan fingerprint density at radius 3 is 2.06 bits per heavy atom. The van der Waals surface area contributed by atoms with E-state index in [9.17, 15) is 4.79 Å². The number of rotatable bonds is 8. The molecule has 1 amide bonds. The van der Waals surface area contributed by atoms with E-state index in [0.717, 1.165) is 6.54 Å². The molecule has 0 unspecified atom stereocenters. The highest BCUT2D eigenvalue weighted by molar-refractivity contribution is 5.91. The Morgan fingerprint density at radius 1 is 1.12 bits per heavy atom. The fraction of sp³-hybridized carbons (Fsp3) is 0.727. The highest BCUT2D eigenvalue weighted by Gasteiger charge is 2.20. The molecular formula is C11H24N4O. The van der Waals surface area contributed by atoms with Crippen LogP contribution in [-0.2, 0) is 4.79 Å². The van der Waals surface area contributed by atoms with Gasteiger partial charge in [0.1, 0.15) is 0 Å². The normalized spacial score (nSPS) is 10.6. The van der Waals surface area contributed by atoms with Gasteiger partial charge in [-0.25, -0.2) is 10.9 Å². The van der Waals surface area contributed by atoms with Crippen LogP contribution < -0.4 is 10.9 Å². The number of hydrogen-bond donors (Lipinski definition) is 2. The van der Waals surface area contributed by atoms with Crippen molar-refractivity contribution in [2.75, 3.05) is 19.6 Å². The third-order valence-electron chi connectivity index (χ3n) is 2.11. The largest absolute Gasteiger partial charge is 0.279 e. The topological polar surface area (TPSA) is 47.6 Å². The zero-order chi connectivity index (χ0) is 12.6. The van der Waals surface area contributed by atoms with Gasteiger partial charge in [0.05, 0.1) is 0 Å². The first-order valence-corrected chi connectivity index (χ1v) is 5.88. The van der Waals surface area contributed by atoms with Crippen LogP contribution in [0.1, 0.15) is 34.1 Å². The highest BCUT2D eigenvalue weighted by atomic mass is 16.2. The number of nitrogens with one attached hydrogen (secondary N) is 2. The van der Waals surface area contributed by atoms with Crippen molar-refractivity contribution in [2.45, 2.75) is 34.1 Å². The van der Waals surface area contributed by atoms with Crippen molar-refractivity contribution in [3.05, 3.63) is 12.2 Å². The van der Waals surface area contributed by atoms with E-state index in [2.05, 4.69) is 17.4 Å². The molecule has 94 valence electrons. The molecule has 0 aromatic rings. The molecule has 5 heteroatoms. The third-order valence-corrected chi connectivity index (χ3v) is 2.11. The van der Waals surface area contributed by atoms with Gasteiger partial charge in [-0.1, -0.05) is 27.4 Å². The lowest BCUT2D eigenvalue weighted by atomic mass is 10.2. The molecule has 0 aromatic heterocycles. The average molecular weight is 228 g/mol. The van der Waals surface area contributed by atoms with Gasteiger partial charge in [-0.2, -0.15) is 5.12 Å². The summed E-state index contributed by atoms with van der Waals surface area (Å²) in [4.78, 5) is 12.0. The lowest BCUT2D eigenvalue weighted by Gasteiger charge is -2.34. The molecule has 16 heavy (non-hydrogen) atoms. The summed E-state index contributed by atoms with van der Waals surface area (Å²) in [5.41, 5.74) is 6.73. The fourth-order valence-electron chi connectivity index (χ4n) is 1.22. The first kappa shape index (κ1) is 15.1. The van der Waals surface area contributed by atoms with Crippen LogP contribution in [-0.4, -0.2) is 35.8 Å². The first-order valence-electron chi connectivity index (χ1n) is 5.88. The van der Waals surface area contributed by atoms with E-state index < -0.39 is 0 Å². The van der Waals surface area contributed by atoms with Crippen molar-refractivity contribution in [1.82, 2.24) is 21.1 Å². The van der Waals surface area contributed by atoms with Crippen LogP contribution >= 0.6 is 0 Å². The van der Waals surface area contributed by atoms with Crippen molar-refractivity contribution >= 4 is 5.91 Å². The van der Waals surface area contributed by atoms with Crippen LogP contribution in [0.5, 0.6) is 0 Å². The van der Waals surface area contributed by atoms with E-state index in [1.165, 1.54) is 5.12 Å². The molecule has 0 saturated carbocycles. The van der Waals surface area contributed by atoms with Crippen LogP contribution in [0.4, 0.5) is 0 Å². The van der Waals surface area contributed by atoms with Gasteiger partial charge in [0.2, 0.25) is 0 Å². The maximum absolute atomic E-state index is 12.0. The average Bonchev–Trinajstić information content (AvgIpc) is 2.31. The van der Waals surface area contributed by atoms with Gasteiger partial charge in [-0.15, -0.1) is 5.12 Å². The first-order chi connectivity index (χ1) is 7.62. The summed E-state index contributed by atoms with van der Waals surface area (Å²) in [6.45, 7) is 13.8. The number of hydrazine groups is 3. The number of hydrogen-bond acceptors (Lipinski definition) is 4. The predicted molar refractivity (Wildman–Crippen MR) is 66.0 cm³/mol. The Morgan fingerprint density at radius 2 is 1.69 bits per heavy atom. The highest BCUT2D eigenvalue weighted by Crippen LogP contribution is 2.03. The van der Waals surface area contributed by atoms with Crippen LogP contribution in [0.2, 0.25) is 0 Å². The monoisotopic (exact) mass is 228 g/mol. The molecule has 0 spiro atoms. The van der Waals surface area contributed by atoms with E-state index in [1.807, 2.05) is 27.7 Å². The van der Waals surface area contributed by atoms with Gasteiger partial charge in [0.25, 0.3) is 5.91 Å². The van der Waals surface area contributed by atoms with Crippen molar-refractivity contribution in [3.63, 3.8) is 0 Å². The van der Waals surface area contributed by atoms with E-state index in [-0.39, 0.29) is 5.91 Å². The molecule has 0 aromatic carbocycles. The zero-order valence-electron chi connectivity index (χ0n) is 10.8. The van der Waals surface area contributed by atoms with E-state index in [4.69, 9.17) is 0 Å². The number of carbonyl (C=O) groups is 1. The van der Waals surface area contributed by atoms with Gasteiger partial charge in [0.15, 0.2) is 0 Å². The SMILES string of the molecule is C=C(CC)C(=O)N(NCC)N(CC)NCC. The molecule has 0 fully saturated rings. The van der Waals surface area contributed by atoms with E-state index in [0.29, 0.717) is 25.1 Å². The summed E-state index contributed by atoms with van der Waals surface area (Å²) in [5.74, 6) is -0.0906. The molecule has 0 bridgehead atoms. The second-order valence-corrected chi connectivity index (χ2v) is 3.31. The maximum atomic E-state index is 12.0. The molecule has 2 N–H and O–H groups in total. The van der Waals surface area contributed by atoms with Crippen molar-refractivity contribution in [1.29, 1.82) is 0 Å². The second kappa shape index (κ2) is 8.27. The standard InChI is InChI=1S/C11H24N4O/c1-6-10(5)11(16)15(13-8-3)14(9-4)12-7-2/h12-13H,5-9H2,1-4H3. The molecular weight excluding hydrogens is 204 g/mol. The Hall–Kier alpha value is -0.910. The smallest absolute Gasteiger partial charge is 0.266 e. The Bertz CT molecular complexity index is 230. The molecule has 0 saturated heterocycles. The molecule has 0 radical (unpaired) electrons. The van der Waals surface area contributed by atoms with Gasteiger partial charge < -0.3 is 0 Å². The van der Waals surface area contributed by atoms with Crippen molar-refractivity contribution < 1.29 is 4.79 Å². The molecule has 5 nitrogen and oxygen atoms in total. The maximum Gasteiger partial charge on any atom is 0.279 e. The Balaban J connectivity index is 4.67. The van der Waals surface area contributed by atoms with Crippen molar-refractivity contribution in [2.24, 2.45) is 0 Å². The van der Waals surface area contributed by atoms with Crippen LogP contribution in [0.3, 0.4) is 0 Å². The van der Waals surface area contributed by atoms with Crippen LogP contribution in [0.25, 0.3) is 0 Å². The minimum Gasteiger partial charge on any atom is -0.266 e. The van der Waals surface area contributed by atoms with Gasteiger partial charge >= 0.3 is 0 Å². The van der Waals surface area contributed by atoms with Gasteiger partial charge in [-0.3, -0.25) is 4.79 Å². The van der Waals surface area contributed by atoms with E-state index in [1.54, 1.807) is 5.12 Å². The van der Waals surface area contributed by atoms with Crippen LogP contribution in [0, 0.1) is 0 Å². The lowest BCUT2D eigenvalue weighted by molar-refractivity contribution is -0.161. The van der Waals surface area contributed by atoms with Crippen molar-refractivity contribution in [3.8, 4) is 0 Å². The summed E-state index contributed by atoms with van der Waals surface area (Å²) in [6.07, 6.45) is 0.657. The predicted octanol–water partition coefficient (Wildman–Crippen LogP) is 1.07. The van der Waals surface area contributed by atoms with Crippen LogP contribution in [0.15, 0.2) is 12.2 Å². The van der Waals surface area contributed by atoms with Gasteiger partial charge in [0, 0.05) is 25.2 Å². The number of carbonyl (C=O) groups excluding carboxylic acids is 1. The summed E-state index contributed by atoms with van der Waals surface area (Å²) in [7, 11) is 0. The summed E-state index contributed by atoms with van der Waals surface area (Å²) >= 11 is 0. The summed E-state index contributed by atoms with van der Waals surface area (Å²) in [6, 6.07) is 0. The summed E-state index contributed by atoms with van der Waals surface area (Å²) < 4.78 is 0. The fourth-order valence-corrected chi connectivity index (χ4v) is 1.22. The van der Waals surface area contributed by atoms with E-state index >= 15 is 0 Å². The molecule has 0 atom stereocenters. The Labute approximate surface area is 98.4 Å².